The highest BCUT2D eigenvalue weighted by atomic mass is 12.6. The molecule has 0 N–H and O–H groups in total. The Labute approximate surface area is 37.6 Å². The van der Waals surface area contributed by atoms with Gasteiger partial charge >= 0.3 is 0 Å². The van der Waals surface area contributed by atoms with E-state index in [0.29, 0.717) is 0 Å². The summed E-state index contributed by atoms with van der Waals surface area (Å²) in [7, 11) is 0. The van der Waals surface area contributed by atoms with Crippen LogP contribution in [0.3, 0.4) is 0 Å². The van der Waals surface area contributed by atoms with Crippen LogP contribution in [0.1, 0.15) is 23.7 Å². The van der Waals surface area contributed by atoms with Crippen LogP contribution in [0, 0.1) is 12.8 Å². The van der Waals surface area contributed by atoms with Crippen molar-refractivity contribution in [3.05, 3.63) is 0 Å². The average Bonchev–Trinajstić information content (AvgIpc) is 0.918. The van der Waals surface area contributed by atoms with Crippen LogP contribution in [0.5, 0.6) is 0 Å². The second-order valence-electron chi connectivity index (χ2n) is 0. The van der Waals surface area contributed by atoms with Crippen LogP contribution in [0.4, 0.5) is 0 Å². The zero-order valence-corrected chi connectivity index (χ0v) is 1.08. The molecule has 0 aromatic carbocycles. The molecular formula is C5H14. The molecule has 0 aromatic rings. The van der Waals surface area contributed by atoms with Crippen LogP contribution in [-0.2, 0) is 0 Å². The minimum Gasteiger partial charge on any atom is -0.124 e. The van der Waals surface area contributed by atoms with Crippen molar-refractivity contribution < 1.29 is 1.37 Å². The normalized spacial score (nSPS) is 1.80. The van der Waals surface area contributed by atoms with Gasteiger partial charge in [-0.3, -0.25) is 0 Å². The highest BCUT2D eigenvalue weighted by Crippen LogP contribution is 0.579. The topological polar surface area (TPSA) is 0 Å². The van der Waals surface area contributed by atoms with E-state index in [9.17, 15) is 0 Å². The van der Waals surface area contributed by atoms with E-state index < -0.39 is 0 Å². The number of terminal acetylenes is 1. The van der Waals surface area contributed by atoms with Gasteiger partial charge in [-0.1, -0.05) is 22.3 Å². The lowest BCUT2D eigenvalue weighted by molar-refractivity contribution is 2.50. The molecule has 0 rings (SSSR count). The van der Waals surface area contributed by atoms with E-state index in [1.54, 1.807) is 0 Å². The van der Waals surface area contributed by atoms with Gasteiger partial charge in [0.15, 0.2) is 0 Å². The highest BCUT2D eigenvalue weighted by Gasteiger charge is 0.454. The summed E-state index contributed by atoms with van der Waals surface area (Å²) < 4.78 is 5.74. The first-order chi connectivity index (χ1) is 1.41. The van der Waals surface area contributed by atoms with Gasteiger partial charge in [-0.15, -0.1) is 12.8 Å². The van der Waals surface area contributed by atoms with Gasteiger partial charge in [0.25, 0.3) is 0 Å². The lowest BCUT2D eigenvalue weighted by atomic mass is 11.4. The van der Waals surface area contributed by atoms with Crippen molar-refractivity contribution >= 4 is 0 Å². The molecule has 0 fully saturated rings. The summed E-state index contributed by atoms with van der Waals surface area (Å²) in [6.07, 6.45) is 5.76. The summed E-state index contributed by atoms with van der Waals surface area (Å²) in [5, 5.41) is 0. The van der Waals surface area contributed by atoms with E-state index in [4.69, 9.17) is 1.37 Å². The van der Waals surface area contributed by atoms with Crippen LogP contribution in [-0.4, -0.2) is 0 Å². The third-order valence-corrected chi connectivity index (χ3v) is 0. The SMILES string of the molecule is C.C.C.[3H]C#C. The van der Waals surface area contributed by atoms with Crippen LogP contribution < -0.4 is 0 Å². The maximum absolute atomic E-state index is 5.74. The highest BCUT2D eigenvalue weighted by molar-refractivity contribution is 4.47. The van der Waals surface area contributed by atoms with Crippen molar-refractivity contribution in [1.82, 2.24) is 0 Å². The van der Waals surface area contributed by atoms with Crippen molar-refractivity contribution in [2.45, 2.75) is 22.3 Å². The third-order valence-electron chi connectivity index (χ3n) is 0. The molecule has 0 aliphatic carbocycles. The summed E-state index contributed by atoms with van der Waals surface area (Å²) in [5.74, 6) is 0. The Bertz CT molecular complexity index is 25.4. The van der Waals surface area contributed by atoms with Gasteiger partial charge in [-0.05, 0) is 0 Å². The zero-order chi connectivity index (χ0) is 2.71. The standard InChI is InChI=1S/C2H2.3CH4/c1-2;;;/h1-2H;3*1H4/i1T;;;. The van der Waals surface area contributed by atoms with Crippen molar-refractivity contribution in [2.75, 3.05) is 0 Å². The van der Waals surface area contributed by atoms with Crippen LogP contribution in [0.2, 0.25) is 0 Å². The lowest BCUT2D eigenvalue weighted by Gasteiger charge is -0.701. The number of hydrogen-bond acceptors (Lipinski definition) is 0. The van der Waals surface area contributed by atoms with Crippen LogP contribution >= 0.6 is 0 Å². The first kappa shape index (κ1) is 23.7. The average molecular weight is 76.2 g/mol. The van der Waals surface area contributed by atoms with Gasteiger partial charge in [0.05, 0.1) is 0 Å². The Morgan fingerprint density at radius 1 is 1.20 bits per heavy atom. The Hall–Kier alpha value is -0.440. The first-order valence-corrected chi connectivity index (χ1v) is 0.289. The monoisotopic (exact) mass is 76.1 g/mol. The molecule has 0 aliphatic rings. The largest absolute Gasteiger partial charge is 0.124 e. The molecule has 0 unspecified atom stereocenters. The van der Waals surface area contributed by atoms with Gasteiger partial charge in [0, 0.05) is 0 Å². The van der Waals surface area contributed by atoms with Crippen LogP contribution in [0.25, 0.3) is 0 Å². The third kappa shape index (κ3) is 44.8. The first-order valence-electron chi connectivity index (χ1n) is 0.789. The summed E-state index contributed by atoms with van der Waals surface area (Å²) in [6.45, 7) is 0. The second-order valence-corrected chi connectivity index (χ2v) is 0. The fraction of sp³-hybridized carbons (Fsp3) is 0.600. The van der Waals surface area contributed by atoms with Crippen molar-refractivity contribution in [3.63, 3.8) is 0 Å². The fourth-order valence-electron chi connectivity index (χ4n) is 0. The predicted octanol–water partition coefficient (Wildman–Crippen LogP) is 2.16. The molecule has 0 spiro atoms. The van der Waals surface area contributed by atoms with E-state index in [0.717, 1.165) is 0 Å². The molecule has 0 amide bonds. The Morgan fingerprint density at radius 3 is 1.20 bits per heavy atom. The van der Waals surface area contributed by atoms with Gasteiger partial charge in [0.1, 0.15) is 1.37 Å². The van der Waals surface area contributed by atoms with Gasteiger partial charge in [-0.25, -0.2) is 0 Å². The minimum atomic E-state index is 0. The predicted molar refractivity (Wildman–Crippen MR) is 30.1 cm³/mol. The summed E-state index contributed by atoms with van der Waals surface area (Å²) in [5.41, 5.74) is 0. The van der Waals surface area contributed by atoms with Crippen molar-refractivity contribution in [2.24, 2.45) is 0 Å². The summed E-state index contributed by atoms with van der Waals surface area (Å²) in [4.78, 5) is 0. The molecule has 0 aliphatic heterocycles. The quantitative estimate of drug-likeness (QED) is 0.388. The molecule has 0 aromatic heterocycles. The lowest BCUT2D eigenvalue weighted by Crippen LogP contribution is -0.576. The van der Waals surface area contributed by atoms with Crippen molar-refractivity contribution in [1.29, 1.82) is 0 Å². The summed E-state index contributed by atoms with van der Waals surface area (Å²) in [6, 6.07) is 0. The molecular weight excluding hydrogens is 60.1 g/mol. The second kappa shape index (κ2) is 121. The fourth-order valence-corrected chi connectivity index (χ4v) is 0. The molecule has 34 valence electrons. The maximum Gasteiger partial charge on any atom is 0.124 e. The molecule has 5 heavy (non-hydrogen) atoms. The molecule has 0 saturated heterocycles. The minimum absolute atomic E-state index is 0. The van der Waals surface area contributed by atoms with Gasteiger partial charge < -0.3 is 0 Å². The molecule has 0 nitrogen and oxygen atoms in total. The zero-order valence-electron chi connectivity index (χ0n) is 2.08. The molecule has 0 heterocycles. The molecule has 0 radical (unpaired) electrons. The summed E-state index contributed by atoms with van der Waals surface area (Å²) >= 11 is 0. The molecule has 0 saturated carbocycles. The number of hydrogen-bond donors (Lipinski definition) is 0. The maximum atomic E-state index is 5.74. The van der Waals surface area contributed by atoms with Gasteiger partial charge in [-0.2, -0.15) is 0 Å². The Morgan fingerprint density at radius 2 is 1.20 bits per heavy atom. The van der Waals surface area contributed by atoms with E-state index in [1.165, 1.54) is 6.40 Å². The van der Waals surface area contributed by atoms with E-state index in [2.05, 4.69) is 6.42 Å². The molecule has 0 atom stereocenters. The molecule has 0 heteroatoms. The molecule has 0 bridgehead atoms. The smallest absolute Gasteiger partial charge is 0.124 e. The number of rotatable bonds is 0. The van der Waals surface area contributed by atoms with Gasteiger partial charge in [0.2, 0.25) is 0 Å². The van der Waals surface area contributed by atoms with Crippen molar-refractivity contribution in [3.8, 4) is 12.8 Å². The van der Waals surface area contributed by atoms with E-state index >= 15 is 0 Å². The van der Waals surface area contributed by atoms with E-state index in [1.807, 2.05) is 0 Å². The Balaban J connectivity index is -0.00000000667. The van der Waals surface area contributed by atoms with Crippen LogP contribution in [0.15, 0.2) is 0 Å². The van der Waals surface area contributed by atoms with E-state index in [-0.39, 0.29) is 22.3 Å². The Kier molecular flexibility index (Phi) is 572.